The lowest BCUT2D eigenvalue weighted by molar-refractivity contribution is -0.385. The average molecular weight is 353 g/mol. The zero-order valence-electron chi connectivity index (χ0n) is 13.6. The van der Waals surface area contributed by atoms with Crippen molar-refractivity contribution in [2.75, 3.05) is 5.32 Å². The molecule has 0 bridgehead atoms. The van der Waals surface area contributed by atoms with Gasteiger partial charge < -0.3 is 5.32 Å². The molecule has 0 radical (unpaired) electrons. The van der Waals surface area contributed by atoms with E-state index in [-0.39, 0.29) is 11.3 Å². The molecule has 2 aromatic carbocycles. The lowest BCUT2D eigenvalue weighted by Gasteiger charge is -2.10. The van der Waals surface area contributed by atoms with E-state index in [2.05, 4.69) is 10.3 Å². The third-order valence-corrected chi connectivity index (χ3v) is 4.51. The summed E-state index contributed by atoms with van der Waals surface area (Å²) >= 11 is 1.53. The van der Waals surface area contributed by atoms with Gasteiger partial charge in [0.25, 0.3) is 11.6 Å². The first-order valence-electron chi connectivity index (χ1n) is 7.53. The number of aryl methyl sites for hydroxylation is 2. The van der Waals surface area contributed by atoms with Gasteiger partial charge in [-0.05, 0) is 26.0 Å². The van der Waals surface area contributed by atoms with Crippen LogP contribution in [0, 0.1) is 24.0 Å². The van der Waals surface area contributed by atoms with Gasteiger partial charge in [-0.1, -0.05) is 24.3 Å². The standard InChI is InChI=1S/C18H15N3O3S/c1-11-7-8-13(9-17(11)21(23)24)18(22)20-15-6-4-3-5-14(15)16-10-25-12(2)19-16/h3-10H,1-2H3,(H,20,22). The van der Waals surface area contributed by atoms with Crippen LogP contribution in [-0.2, 0) is 0 Å². The lowest BCUT2D eigenvalue weighted by atomic mass is 10.1. The quantitative estimate of drug-likeness (QED) is 0.549. The summed E-state index contributed by atoms with van der Waals surface area (Å²) in [6, 6.07) is 11.8. The molecule has 3 rings (SSSR count). The predicted molar refractivity (Wildman–Crippen MR) is 98.1 cm³/mol. The number of thiazole rings is 1. The van der Waals surface area contributed by atoms with Gasteiger partial charge in [-0.3, -0.25) is 14.9 Å². The van der Waals surface area contributed by atoms with Gasteiger partial charge in [-0.25, -0.2) is 4.98 Å². The summed E-state index contributed by atoms with van der Waals surface area (Å²) in [5, 5.41) is 16.7. The van der Waals surface area contributed by atoms with Crippen LogP contribution in [0.3, 0.4) is 0 Å². The van der Waals surface area contributed by atoms with Crippen LogP contribution in [0.5, 0.6) is 0 Å². The molecule has 0 saturated heterocycles. The maximum atomic E-state index is 12.5. The summed E-state index contributed by atoms with van der Waals surface area (Å²) in [4.78, 5) is 27.6. The second-order valence-corrected chi connectivity index (χ2v) is 6.57. The number of hydrogen-bond acceptors (Lipinski definition) is 5. The van der Waals surface area contributed by atoms with Crippen molar-refractivity contribution in [1.29, 1.82) is 0 Å². The number of carbonyl (C=O) groups excluding carboxylic acids is 1. The van der Waals surface area contributed by atoms with E-state index in [1.807, 2.05) is 30.5 Å². The second-order valence-electron chi connectivity index (χ2n) is 5.51. The smallest absolute Gasteiger partial charge is 0.273 e. The molecule has 1 aromatic heterocycles. The fraction of sp³-hybridized carbons (Fsp3) is 0.111. The first-order chi connectivity index (χ1) is 12.0. The van der Waals surface area contributed by atoms with Crippen LogP contribution in [0.15, 0.2) is 47.8 Å². The molecular weight excluding hydrogens is 338 g/mol. The summed E-state index contributed by atoms with van der Waals surface area (Å²) in [6.45, 7) is 3.56. The lowest BCUT2D eigenvalue weighted by Crippen LogP contribution is -2.13. The van der Waals surface area contributed by atoms with Gasteiger partial charge in [0.2, 0.25) is 0 Å². The molecule has 0 unspecified atom stereocenters. The van der Waals surface area contributed by atoms with Crippen molar-refractivity contribution in [3.05, 3.63) is 74.1 Å². The van der Waals surface area contributed by atoms with Crippen LogP contribution < -0.4 is 5.32 Å². The number of nitrogens with one attached hydrogen (secondary N) is 1. The molecule has 0 saturated carbocycles. The van der Waals surface area contributed by atoms with E-state index in [4.69, 9.17) is 0 Å². The van der Waals surface area contributed by atoms with Crippen LogP contribution in [-0.4, -0.2) is 15.8 Å². The van der Waals surface area contributed by atoms with Gasteiger partial charge in [0.1, 0.15) is 0 Å². The van der Waals surface area contributed by atoms with Gasteiger partial charge in [-0.2, -0.15) is 0 Å². The number of nitro groups is 1. The molecule has 1 N–H and O–H groups in total. The summed E-state index contributed by atoms with van der Waals surface area (Å²) < 4.78 is 0. The average Bonchev–Trinajstić information content (AvgIpc) is 3.01. The number of aromatic nitrogens is 1. The van der Waals surface area contributed by atoms with Gasteiger partial charge >= 0.3 is 0 Å². The highest BCUT2D eigenvalue weighted by atomic mass is 32.1. The second kappa shape index (κ2) is 6.82. The fourth-order valence-electron chi connectivity index (χ4n) is 2.44. The molecule has 0 spiro atoms. The van der Waals surface area contributed by atoms with Crippen molar-refractivity contribution in [3.63, 3.8) is 0 Å². The highest BCUT2D eigenvalue weighted by Crippen LogP contribution is 2.29. The predicted octanol–water partition coefficient (Wildman–Crippen LogP) is 4.59. The maximum Gasteiger partial charge on any atom is 0.273 e. The van der Waals surface area contributed by atoms with Crippen molar-refractivity contribution in [2.45, 2.75) is 13.8 Å². The SMILES string of the molecule is Cc1nc(-c2ccccc2NC(=O)c2ccc(C)c([N+](=O)[O-])c2)cs1. The molecule has 1 heterocycles. The van der Waals surface area contributed by atoms with Crippen molar-refractivity contribution in [2.24, 2.45) is 0 Å². The van der Waals surface area contributed by atoms with E-state index < -0.39 is 10.8 Å². The fourth-order valence-corrected chi connectivity index (χ4v) is 3.06. The molecule has 0 aliphatic rings. The molecule has 0 fully saturated rings. The largest absolute Gasteiger partial charge is 0.321 e. The Bertz CT molecular complexity index is 966. The van der Waals surface area contributed by atoms with Crippen LogP contribution in [0.2, 0.25) is 0 Å². The molecule has 126 valence electrons. The molecule has 7 heteroatoms. The van der Waals surface area contributed by atoms with Gasteiger partial charge in [-0.15, -0.1) is 11.3 Å². The molecule has 0 aliphatic carbocycles. The van der Waals surface area contributed by atoms with Crippen LogP contribution in [0.1, 0.15) is 20.9 Å². The number of anilines is 1. The summed E-state index contributed by atoms with van der Waals surface area (Å²) in [7, 11) is 0. The van der Waals surface area contributed by atoms with Crippen molar-refractivity contribution in [3.8, 4) is 11.3 Å². The topological polar surface area (TPSA) is 85.1 Å². The number of para-hydroxylation sites is 1. The van der Waals surface area contributed by atoms with Gasteiger partial charge in [0, 0.05) is 28.1 Å². The van der Waals surface area contributed by atoms with Crippen molar-refractivity contribution >= 4 is 28.6 Å². The van der Waals surface area contributed by atoms with Crippen molar-refractivity contribution < 1.29 is 9.72 Å². The minimum atomic E-state index is -0.488. The number of carbonyl (C=O) groups is 1. The number of benzene rings is 2. The Morgan fingerprint density at radius 3 is 2.64 bits per heavy atom. The Hall–Kier alpha value is -3.06. The Morgan fingerprint density at radius 2 is 1.96 bits per heavy atom. The Labute approximate surface area is 148 Å². The molecule has 0 atom stereocenters. The minimum Gasteiger partial charge on any atom is -0.321 e. The number of hydrogen-bond donors (Lipinski definition) is 1. The van der Waals surface area contributed by atoms with E-state index in [1.54, 1.807) is 25.1 Å². The first-order valence-corrected chi connectivity index (χ1v) is 8.41. The van der Waals surface area contributed by atoms with Crippen LogP contribution in [0.25, 0.3) is 11.3 Å². The highest BCUT2D eigenvalue weighted by molar-refractivity contribution is 7.09. The normalized spacial score (nSPS) is 10.5. The molecule has 6 nitrogen and oxygen atoms in total. The van der Waals surface area contributed by atoms with Crippen molar-refractivity contribution in [1.82, 2.24) is 4.98 Å². The highest BCUT2D eigenvalue weighted by Gasteiger charge is 2.16. The van der Waals surface area contributed by atoms with E-state index in [0.717, 1.165) is 16.3 Å². The Balaban J connectivity index is 1.92. The Kier molecular flexibility index (Phi) is 4.58. The Morgan fingerprint density at radius 1 is 1.20 bits per heavy atom. The maximum absolute atomic E-state index is 12.5. The molecule has 1 amide bonds. The monoisotopic (exact) mass is 353 g/mol. The van der Waals surface area contributed by atoms with Gasteiger partial charge in [0.05, 0.1) is 21.3 Å². The number of rotatable bonds is 4. The van der Waals surface area contributed by atoms with E-state index in [9.17, 15) is 14.9 Å². The van der Waals surface area contributed by atoms with Crippen LogP contribution >= 0.6 is 11.3 Å². The minimum absolute atomic E-state index is 0.0731. The van der Waals surface area contributed by atoms with E-state index in [0.29, 0.717) is 11.3 Å². The molecular formula is C18H15N3O3S. The van der Waals surface area contributed by atoms with E-state index >= 15 is 0 Å². The zero-order chi connectivity index (χ0) is 18.0. The number of nitro benzene ring substituents is 1. The summed E-state index contributed by atoms with van der Waals surface area (Å²) in [5.41, 5.74) is 2.88. The summed E-state index contributed by atoms with van der Waals surface area (Å²) in [6.07, 6.45) is 0. The van der Waals surface area contributed by atoms with E-state index in [1.165, 1.54) is 17.4 Å². The van der Waals surface area contributed by atoms with Crippen LogP contribution in [0.4, 0.5) is 11.4 Å². The molecule has 0 aliphatic heterocycles. The summed E-state index contributed by atoms with van der Waals surface area (Å²) in [5.74, 6) is -0.400. The molecule has 3 aromatic rings. The zero-order valence-corrected chi connectivity index (χ0v) is 14.5. The third-order valence-electron chi connectivity index (χ3n) is 3.74. The molecule has 25 heavy (non-hydrogen) atoms. The van der Waals surface area contributed by atoms with Gasteiger partial charge in [0.15, 0.2) is 0 Å². The number of amides is 1. The number of nitrogens with zero attached hydrogens (tertiary/aromatic N) is 2. The third kappa shape index (κ3) is 3.56. The first kappa shape index (κ1) is 16.8.